The number of carbonyl (C=O) groups is 1. The summed E-state index contributed by atoms with van der Waals surface area (Å²) in [7, 11) is 0.456. The molecule has 0 aliphatic carbocycles. The van der Waals surface area contributed by atoms with E-state index in [0.29, 0.717) is 78.0 Å². The van der Waals surface area contributed by atoms with Crippen LogP contribution in [0.15, 0.2) is 54.6 Å². The minimum absolute atomic E-state index is 0.00866. The van der Waals surface area contributed by atoms with Gasteiger partial charge in [-0.15, -0.1) is 0 Å². The van der Waals surface area contributed by atoms with Gasteiger partial charge in [0.25, 0.3) is 0 Å². The summed E-state index contributed by atoms with van der Waals surface area (Å²) < 4.78 is 63.7. The topological polar surface area (TPSA) is 109 Å². The fraction of sp³-hybridized carbons (Fsp3) is 0.705. The third-order valence-electron chi connectivity index (χ3n) is 12.0. The summed E-state index contributed by atoms with van der Waals surface area (Å²) in [5, 5.41) is 0. The van der Waals surface area contributed by atoms with E-state index in [0.717, 1.165) is 42.2 Å². The molecule has 5 fully saturated rings. The van der Waals surface area contributed by atoms with Crippen molar-refractivity contribution in [2.45, 2.75) is 158 Å². The zero-order valence-electron chi connectivity index (χ0n) is 34.2. The highest BCUT2D eigenvalue weighted by Crippen LogP contribution is 2.52. The second kappa shape index (κ2) is 18.4. The molecule has 0 radical (unpaired) electrons. The molecule has 5 saturated heterocycles. The van der Waals surface area contributed by atoms with Gasteiger partial charge in [-0.25, -0.2) is 0 Å². The van der Waals surface area contributed by atoms with E-state index in [2.05, 4.69) is 38.7 Å². The average Bonchev–Trinajstić information content (AvgIpc) is 3.67. The summed E-state index contributed by atoms with van der Waals surface area (Å²) in [6.07, 6.45) is 5.49. The first-order valence-corrected chi connectivity index (χ1v) is 24.6. The molecular formula is C44H64O11Si. The second-order valence-electron chi connectivity index (χ2n) is 17.8. The van der Waals surface area contributed by atoms with Crippen molar-refractivity contribution in [3.05, 3.63) is 65.7 Å². The monoisotopic (exact) mass is 796 g/mol. The highest BCUT2D eigenvalue weighted by molar-refractivity contribution is 6.76. The first kappa shape index (κ1) is 41.9. The van der Waals surface area contributed by atoms with E-state index in [-0.39, 0.29) is 49.0 Å². The van der Waals surface area contributed by atoms with Gasteiger partial charge >= 0.3 is 0 Å². The van der Waals surface area contributed by atoms with Crippen LogP contribution in [0, 0.1) is 5.92 Å². The highest BCUT2D eigenvalue weighted by atomic mass is 28.3. The molecular weight excluding hydrogens is 733 g/mol. The fourth-order valence-corrected chi connectivity index (χ4v) is 9.77. The van der Waals surface area contributed by atoms with E-state index >= 15 is 0 Å². The van der Waals surface area contributed by atoms with Gasteiger partial charge in [0.15, 0.2) is 17.4 Å². The predicted octanol–water partition coefficient (Wildman–Crippen LogP) is 7.95. The fourth-order valence-electron chi connectivity index (χ4n) is 9.01. The SMILES string of the molecule is COc1ccc(COCC[C@@H]2CCC(=O)[C@]3(CC[C@@]4(CCC[C@H](C[C@@]56C[C@@H](C)[C@@H](OCOCC[Si](C)(C)C)[C@@H](O5)[C@H](COCc5ccccc5)O6)O4)O3)O2)cc1. The summed E-state index contributed by atoms with van der Waals surface area (Å²) in [4.78, 5) is 13.5. The van der Waals surface area contributed by atoms with Crippen LogP contribution in [-0.2, 0) is 60.6 Å². The van der Waals surface area contributed by atoms with Crippen molar-refractivity contribution >= 4 is 13.9 Å². The number of ether oxygens (including phenoxy) is 10. The summed E-state index contributed by atoms with van der Waals surface area (Å²) in [5.74, 6) is -1.99. The lowest BCUT2D eigenvalue weighted by molar-refractivity contribution is -0.349. The van der Waals surface area contributed by atoms with Crippen LogP contribution in [0.25, 0.3) is 0 Å². The van der Waals surface area contributed by atoms with Crippen LogP contribution in [0.3, 0.4) is 0 Å². The molecule has 0 aromatic heterocycles. The molecule has 12 heteroatoms. The molecule has 56 heavy (non-hydrogen) atoms. The Balaban J connectivity index is 0.946. The van der Waals surface area contributed by atoms with Crippen molar-refractivity contribution in [3.8, 4) is 5.75 Å². The van der Waals surface area contributed by atoms with E-state index in [1.165, 1.54) is 0 Å². The molecule has 2 spiro atoms. The van der Waals surface area contributed by atoms with Gasteiger partial charge in [-0.05, 0) is 60.9 Å². The molecule has 0 amide bonds. The zero-order chi connectivity index (χ0) is 39.2. The number of hydrogen-bond acceptors (Lipinski definition) is 11. The number of Topliss-reactive ketones (excluding diaryl/α,β-unsaturated/α-hetero) is 1. The molecule has 0 N–H and O–H groups in total. The lowest BCUT2D eigenvalue weighted by Gasteiger charge is -2.45. The number of carbonyl (C=O) groups excluding carboxylic acids is 1. The van der Waals surface area contributed by atoms with Gasteiger partial charge in [-0.1, -0.05) is 69.0 Å². The van der Waals surface area contributed by atoms with Crippen molar-refractivity contribution in [1.82, 2.24) is 0 Å². The molecule has 5 heterocycles. The molecule has 2 aromatic rings. The van der Waals surface area contributed by atoms with Crippen LogP contribution >= 0.6 is 0 Å². The van der Waals surface area contributed by atoms with Crippen LogP contribution in [0.1, 0.15) is 82.3 Å². The maximum atomic E-state index is 13.5. The summed E-state index contributed by atoms with van der Waals surface area (Å²) >= 11 is 0. The van der Waals surface area contributed by atoms with Gasteiger partial charge in [0, 0.05) is 59.8 Å². The molecule has 5 aliphatic heterocycles. The molecule has 310 valence electrons. The Morgan fingerprint density at radius 3 is 2.39 bits per heavy atom. The van der Waals surface area contributed by atoms with Crippen LogP contribution in [0.2, 0.25) is 25.7 Å². The Kier molecular flexibility index (Phi) is 13.7. The summed E-state index contributed by atoms with van der Waals surface area (Å²) in [6.45, 7) is 12.1. The third-order valence-corrected chi connectivity index (χ3v) is 13.7. The van der Waals surface area contributed by atoms with Crippen LogP contribution in [0.5, 0.6) is 5.75 Å². The smallest absolute Gasteiger partial charge is 0.231 e. The van der Waals surface area contributed by atoms with E-state index < -0.39 is 25.4 Å². The van der Waals surface area contributed by atoms with Crippen molar-refractivity contribution in [3.63, 3.8) is 0 Å². The highest BCUT2D eigenvalue weighted by Gasteiger charge is 2.61. The Morgan fingerprint density at radius 1 is 0.821 bits per heavy atom. The average molecular weight is 797 g/mol. The second-order valence-corrected chi connectivity index (χ2v) is 23.4. The van der Waals surface area contributed by atoms with Gasteiger partial charge in [-0.3, -0.25) is 4.79 Å². The Hall–Kier alpha value is -2.23. The molecule has 2 bridgehead atoms. The quantitative estimate of drug-likeness (QED) is 0.0834. The summed E-state index contributed by atoms with van der Waals surface area (Å²) in [5.41, 5.74) is 2.19. The van der Waals surface area contributed by atoms with Gasteiger partial charge in [0.05, 0.1) is 45.2 Å². The zero-order valence-corrected chi connectivity index (χ0v) is 35.2. The van der Waals surface area contributed by atoms with E-state index in [1.54, 1.807) is 7.11 Å². The van der Waals surface area contributed by atoms with E-state index in [1.807, 2.05) is 42.5 Å². The van der Waals surface area contributed by atoms with Crippen molar-refractivity contribution in [2.24, 2.45) is 5.92 Å². The minimum Gasteiger partial charge on any atom is -0.497 e. The van der Waals surface area contributed by atoms with E-state index in [4.69, 9.17) is 47.4 Å². The molecule has 2 aromatic carbocycles. The molecule has 5 aliphatic rings. The Morgan fingerprint density at radius 2 is 1.61 bits per heavy atom. The Bertz CT molecular complexity index is 1550. The lowest BCUT2D eigenvalue weighted by atomic mass is 9.85. The first-order chi connectivity index (χ1) is 27.0. The van der Waals surface area contributed by atoms with Gasteiger partial charge in [0.1, 0.15) is 24.8 Å². The molecule has 9 atom stereocenters. The van der Waals surface area contributed by atoms with Crippen LogP contribution in [-0.4, -0.2) is 95.5 Å². The molecule has 0 saturated carbocycles. The third kappa shape index (κ3) is 10.5. The number of benzene rings is 2. The molecule has 0 unspecified atom stereocenters. The largest absolute Gasteiger partial charge is 0.497 e. The Labute approximate surface area is 334 Å². The van der Waals surface area contributed by atoms with Crippen molar-refractivity contribution in [2.75, 3.05) is 33.7 Å². The number of hydrogen-bond donors (Lipinski definition) is 0. The maximum absolute atomic E-state index is 13.5. The minimum atomic E-state index is -1.27. The van der Waals surface area contributed by atoms with Gasteiger partial charge in [0.2, 0.25) is 5.79 Å². The molecule has 11 nitrogen and oxygen atoms in total. The lowest BCUT2D eigenvalue weighted by Crippen LogP contribution is -2.53. The predicted molar refractivity (Wildman–Crippen MR) is 212 cm³/mol. The first-order valence-electron chi connectivity index (χ1n) is 20.9. The van der Waals surface area contributed by atoms with Crippen molar-refractivity contribution in [1.29, 1.82) is 0 Å². The standard InChI is InChI=1S/C44H64O11Si/c1-32-26-43(53-38(30-49-29-33-10-7-6-8-11-33)41(54-43)40(32)50-31-48-24-25-56(3,4)5)27-37-12-9-20-42(51-37)21-22-44(55-42)39(45)18-17-36(52-44)19-23-47-28-34-13-15-35(46-2)16-14-34/h6-8,10-11,13-16,32,36-38,40-41H,9,12,17-31H2,1-5H3/t32-,36+,37-,38+,40-,41+,42-,43-,44-/m1/s1. The van der Waals surface area contributed by atoms with Gasteiger partial charge in [-0.2, -0.15) is 0 Å². The maximum Gasteiger partial charge on any atom is 0.231 e. The van der Waals surface area contributed by atoms with E-state index in [9.17, 15) is 4.79 Å². The van der Waals surface area contributed by atoms with Gasteiger partial charge < -0.3 is 47.4 Å². The summed E-state index contributed by atoms with van der Waals surface area (Å²) in [6, 6.07) is 19.1. The van der Waals surface area contributed by atoms with Crippen LogP contribution in [0.4, 0.5) is 0 Å². The number of fused-ring (bicyclic) bond motifs is 2. The number of methoxy groups -OCH3 is 1. The van der Waals surface area contributed by atoms with Crippen LogP contribution < -0.4 is 4.74 Å². The molecule has 7 rings (SSSR count). The van der Waals surface area contributed by atoms with Crippen molar-refractivity contribution < 1.29 is 52.2 Å². The normalized spacial score (nSPS) is 34.4. The number of ketones is 1. The number of rotatable bonds is 18.